The molecular formula is C45H32N4O. The number of aromatic nitrogens is 4. The van der Waals surface area contributed by atoms with Crippen LogP contribution in [0, 0.1) is 0 Å². The Bertz CT molecular complexity index is 2750. The van der Waals surface area contributed by atoms with Crippen molar-refractivity contribution in [3.63, 3.8) is 0 Å². The number of nitrogens with one attached hydrogen (secondary N) is 4. The lowest BCUT2D eigenvalue weighted by Crippen LogP contribution is -2.19. The molecule has 4 aromatic heterocycles. The summed E-state index contributed by atoms with van der Waals surface area (Å²) >= 11 is 0. The molecule has 0 fully saturated rings. The molecule has 4 N–H and O–H groups in total. The van der Waals surface area contributed by atoms with Crippen LogP contribution in [0.4, 0.5) is 0 Å². The molecule has 1 aliphatic rings. The first kappa shape index (κ1) is 29.3. The van der Waals surface area contributed by atoms with Crippen LogP contribution in [-0.2, 0) is 4.79 Å². The van der Waals surface area contributed by atoms with E-state index < -0.39 is 0 Å². The summed E-state index contributed by atoms with van der Waals surface area (Å²) in [6, 6.07) is 56.3. The molecule has 9 rings (SSSR count). The lowest BCUT2D eigenvalue weighted by atomic mass is 9.99. The lowest BCUT2D eigenvalue weighted by Gasteiger charge is -2.10. The minimum absolute atomic E-state index is 0.547. The fourth-order valence-corrected chi connectivity index (χ4v) is 7.15. The second-order valence-electron chi connectivity index (χ2n) is 12.4. The average Bonchev–Trinajstić information content (AvgIpc) is 4.01. The van der Waals surface area contributed by atoms with Gasteiger partial charge in [0.2, 0.25) is 0 Å². The molecule has 5 nitrogen and oxygen atoms in total. The van der Waals surface area contributed by atoms with E-state index >= 15 is 0 Å². The van der Waals surface area contributed by atoms with Gasteiger partial charge in [-0.3, -0.25) is 4.79 Å². The third-order valence-corrected chi connectivity index (χ3v) is 9.44. The van der Waals surface area contributed by atoms with E-state index in [9.17, 15) is 4.79 Å². The van der Waals surface area contributed by atoms with Gasteiger partial charge in [0, 0.05) is 50.1 Å². The quantitative estimate of drug-likeness (QED) is 0.168. The monoisotopic (exact) mass is 644 g/mol. The Morgan fingerprint density at radius 3 is 1.28 bits per heavy atom. The van der Waals surface area contributed by atoms with E-state index in [0.29, 0.717) is 5.57 Å². The van der Waals surface area contributed by atoms with Crippen molar-refractivity contribution >= 4 is 28.6 Å². The van der Waals surface area contributed by atoms with Crippen LogP contribution in [0.3, 0.4) is 0 Å². The predicted octanol–water partition coefficient (Wildman–Crippen LogP) is 6.12. The summed E-state index contributed by atoms with van der Waals surface area (Å²) in [5.74, 6) is 0. The maximum absolute atomic E-state index is 13.0. The van der Waals surface area contributed by atoms with E-state index in [-0.39, 0.29) is 0 Å². The van der Waals surface area contributed by atoms with Gasteiger partial charge in [-0.05, 0) is 64.7 Å². The van der Waals surface area contributed by atoms with Crippen LogP contribution in [0.2, 0.25) is 0 Å². The van der Waals surface area contributed by atoms with Crippen LogP contribution in [0.25, 0.3) is 33.4 Å². The molecule has 0 aliphatic carbocycles. The van der Waals surface area contributed by atoms with Crippen molar-refractivity contribution in [2.75, 3.05) is 0 Å². The lowest BCUT2D eigenvalue weighted by molar-refractivity contribution is -0.103. The summed E-state index contributed by atoms with van der Waals surface area (Å²) in [4.78, 5) is 28.0. The van der Waals surface area contributed by atoms with Crippen LogP contribution >= 0.6 is 0 Å². The maximum Gasteiger partial charge on any atom is 0.154 e. The molecule has 0 saturated heterocycles. The third kappa shape index (κ3) is 5.09. The highest BCUT2D eigenvalue weighted by molar-refractivity contribution is 6.05. The molecule has 0 atom stereocenters. The number of rotatable bonds is 5. The summed E-state index contributed by atoms with van der Waals surface area (Å²) in [6.45, 7) is 0. The number of H-pyrrole nitrogens is 4. The summed E-state index contributed by atoms with van der Waals surface area (Å²) in [6.07, 6.45) is 0.939. The van der Waals surface area contributed by atoms with Crippen molar-refractivity contribution in [1.82, 2.24) is 19.9 Å². The molecule has 4 aromatic carbocycles. The molecule has 1 aliphatic heterocycles. The Morgan fingerprint density at radius 1 is 0.360 bits per heavy atom. The number of carbonyl (C=O) groups is 1. The van der Waals surface area contributed by atoms with Crippen molar-refractivity contribution in [1.29, 1.82) is 0 Å². The number of hydrogen-bond acceptors (Lipinski definition) is 1. The molecular weight excluding hydrogens is 613 g/mol. The topological polar surface area (TPSA) is 80.2 Å². The van der Waals surface area contributed by atoms with E-state index in [1.165, 1.54) is 0 Å². The molecule has 8 aromatic rings. The van der Waals surface area contributed by atoms with Gasteiger partial charge in [0.05, 0.1) is 22.0 Å². The number of fused-ring (bicyclic) bond motifs is 8. The predicted molar refractivity (Wildman–Crippen MR) is 200 cm³/mol. The molecule has 5 heteroatoms. The van der Waals surface area contributed by atoms with Crippen molar-refractivity contribution in [2.45, 2.75) is 0 Å². The highest BCUT2D eigenvalue weighted by atomic mass is 16.1. The fraction of sp³-hybridized carbons (Fsp3) is 0. The highest BCUT2D eigenvalue weighted by Crippen LogP contribution is 2.27. The Balaban J connectivity index is 1.47. The van der Waals surface area contributed by atoms with Gasteiger partial charge in [0.1, 0.15) is 0 Å². The van der Waals surface area contributed by atoms with E-state index in [1.54, 1.807) is 0 Å². The summed E-state index contributed by atoms with van der Waals surface area (Å²) < 4.78 is 0. The second kappa shape index (κ2) is 12.3. The number of benzene rings is 4. The number of aldehydes is 1. The van der Waals surface area contributed by atoms with Gasteiger partial charge in [0.15, 0.2) is 6.29 Å². The standard InChI is InChI=1S/C45H32N4O/c50-28-34-35-21-22-36(46-35)42(30-15-7-2-8-16-30)37-23-24-38(47-37)43(31-17-9-3-10-18-31)39-25-26-40(48-39)44(32-19-11-4-12-20-32)45-33(27-41(34)49-45)29-13-5-1-6-14-29/h1-28,46-49H. The van der Waals surface area contributed by atoms with E-state index in [4.69, 9.17) is 0 Å². The summed E-state index contributed by atoms with van der Waals surface area (Å²) in [7, 11) is 0. The van der Waals surface area contributed by atoms with E-state index in [2.05, 4.69) is 129 Å². The number of aromatic amines is 4. The molecule has 5 heterocycles. The van der Waals surface area contributed by atoms with Crippen molar-refractivity contribution in [3.05, 3.63) is 225 Å². The number of carbonyl (C=O) groups excluding carboxylic acids is 1. The molecule has 50 heavy (non-hydrogen) atoms. The Kier molecular flexibility index (Phi) is 7.21. The van der Waals surface area contributed by atoms with Gasteiger partial charge in [-0.25, -0.2) is 0 Å². The van der Waals surface area contributed by atoms with Crippen LogP contribution in [0.15, 0.2) is 164 Å². The minimum atomic E-state index is 0.547. The molecule has 0 radical (unpaired) electrons. The Labute approximate surface area is 288 Å². The molecule has 8 bridgehead atoms. The fourth-order valence-electron chi connectivity index (χ4n) is 7.15. The van der Waals surface area contributed by atoms with Crippen molar-refractivity contribution < 1.29 is 4.79 Å². The van der Waals surface area contributed by atoms with Gasteiger partial charge < -0.3 is 19.9 Å². The Hall–Kier alpha value is -6.85. The zero-order valence-electron chi connectivity index (χ0n) is 27.1. The molecule has 0 amide bonds. The third-order valence-electron chi connectivity index (χ3n) is 9.44. The maximum atomic E-state index is 13.0. The number of hydrogen-bond donors (Lipinski definition) is 4. The normalized spacial score (nSPS) is 12.7. The Morgan fingerprint density at radius 2 is 0.780 bits per heavy atom. The molecule has 0 spiro atoms. The first-order valence-electron chi connectivity index (χ1n) is 16.7. The van der Waals surface area contributed by atoms with Crippen LogP contribution in [-0.4, -0.2) is 26.2 Å². The zero-order valence-corrected chi connectivity index (χ0v) is 27.1. The van der Waals surface area contributed by atoms with Gasteiger partial charge in [-0.2, -0.15) is 0 Å². The highest BCUT2D eigenvalue weighted by Gasteiger charge is 2.19. The summed E-state index contributed by atoms with van der Waals surface area (Å²) in [5.41, 5.74) is 12.5. The molecule has 238 valence electrons. The van der Waals surface area contributed by atoms with E-state index in [1.807, 2.05) is 54.6 Å². The first-order chi connectivity index (χ1) is 24.7. The van der Waals surface area contributed by atoms with Gasteiger partial charge >= 0.3 is 0 Å². The minimum Gasteiger partial charge on any atom is -0.354 e. The van der Waals surface area contributed by atoms with Crippen LogP contribution in [0.5, 0.6) is 0 Å². The molecule has 0 saturated carbocycles. The SMILES string of the molecule is O=CC1=c2cc(-c3ccccc3)c([nH]2)=C(c2ccccc2)c2ccc([nH]2)C(c2ccccc2)=c2ccc([nH]2)=C(c2ccccc2)c2ccc1[nH]2. The smallest absolute Gasteiger partial charge is 0.154 e. The largest absolute Gasteiger partial charge is 0.354 e. The van der Waals surface area contributed by atoms with Gasteiger partial charge in [-0.15, -0.1) is 0 Å². The van der Waals surface area contributed by atoms with Crippen molar-refractivity contribution in [3.8, 4) is 11.1 Å². The molecule has 0 unspecified atom stereocenters. The van der Waals surface area contributed by atoms with Crippen LogP contribution in [0.1, 0.15) is 39.5 Å². The van der Waals surface area contributed by atoms with Gasteiger partial charge in [0.25, 0.3) is 0 Å². The average molecular weight is 645 g/mol. The zero-order chi connectivity index (χ0) is 33.4. The first-order valence-corrected chi connectivity index (χ1v) is 16.7. The van der Waals surface area contributed by atoms with E-state index in [0.717, 1.165) is 95.0 Å². The van der Waals surface area contributed by atoms with Crippen LogP contribution < -0.4 is 21.4 Å². The van der Waals surface area contributed by atoms with Crippen molar-refractivity contribution in [2.24, 2.45) is 0 Å². The summed E-state index contributed by atoms with van der Waals surface area (Å²) in [5, 5.41) is 3.60. The van der Waals surface area contributed by atoms with Gasteiger partial charge in [-0.1, -0.05) is 121 Å². The second-order valence-corrected chi connectivity index (χ2v) is 12.4.